The Morgan fingerprint density at radius 2 is 1.44 bits per heavy atom. The van der Waals surface area contributed by atoms with Crippen LogP contribution >= 0.6 is 0 Å². The fourth-order valence-electron chi connectivity index (χ4n) is 2.79. The Morgan fingerprint density at radius 1 is 0.815 bits per heavy atom. The summed E-state index contributed by atoms with van der Waals surface area (Å²) in [4.78, 5) is 26.7. The molecular weight excluding hydrogens is 336 g/mol. The van der Waals surface area contributed by atoms with Gasteiger partial charge in [0.25, 0.3) is 11.8 Å². The van der Waals surface area contributed by atoms with Gasteiger partial charge in [-0.25, -0.2) is 0 Å². The average Bonchev–Trinajstić information content (AvgIpc) is 2.70. The Hall–Kier alpha value is -3.40. The molecule has 3 aromatic rings. The highest BCUT2D eigenvalue weighted by atomic mass is 16.2. The average molecular weight is 358 g/mol. The highest BCUT2D eigenvalue weighted by molar-refractivity contribution is 6.08. The molecule has 3 rings (SSSR count). The van der Waals surface area contributed by atoms with Gasteiger partial charge in [0.15, 0.2) is 0 Å². The smallest absolute Gasteiger partial charge is 0.258 e. The maximum Gasteiger partial charge on any atom is 0.258 e. The standard InChI is InChI=1S/C23H22N2O2/c1-16-9-10-17(2)21(15-16)24-22(26)18-11-13-19(14-12-18)23(27)25(3)20-7-5-4-6-8-20/h4-15H,1-3H3,(H,24,26). The summed E-state index contributed by atoms with van der Waals surface area (Å²) in [6.45, 7) is 3.94. The topological polar surface area (TPSA) is 49.4 Å². The highest BCUT2D eigenvalue weighted by Gasteiger charge is 2.14. The van der Waals surface area contributed by atoms with Gasteiger partial charge in [-0.15, -0.1) is 0 Å². The van der Waals surface area contributed by atoms with Gasteiger partial charge in [0, 0.05) is 29.5 Å². The number of amides is 2. The molecule has 136 valence electrons. The second kappa shape index (κ2) is 7.87. The lowest BCUT2D eigenvalue weighted by Crippen LogP contribution is -2.26. The molecule has 0 spiro atoms. The zero-order valence-electron chi connectivity index (χ0n) is 15.7. The van der Waals surface area contributed by atoms with E-state index < -0.39 is 0 Å². The number of carbonyl (C=O) groups is 2. The number of hydrogen-bond donors (Lipinski definition) is 1. The molecule has 0 saturated carbocycles. The molecule has 4 nitrogen and oxygen atoms in total. The van der Waals surface area contributed by atoms with E-state index in [1.54, 1.807) is 36.2 Å². The van der Waals surface area contributed by atoms with E-state index in [0.717, 1.165) is 22.5 Å². The molecule has 0 aliphatic heterocycles. The van der Waals surface area contributed by atoms with Crippen LogP contribution in [-0.4, -0.2) is 18.9 Å². The molecule has 0 aliphatic rings. The van der Waals surface area contributed by atoms with Crippen molar-refractivity contribution in [1.29, 1.82) is 0 Å². The van der Waals surface area contributed by atoms with Crippen LogP contribution < -0.4 is 10.2 Å². The summed E-state index contributed by atoms with van der Waals surface area (Å²) in [5.74, 6) is -0.318. The minimum atomic E-state index is -0.195. The number of nitrogens with zero attached hydrogens (tertiary/aromatic N) is 1. The first-order chi connectivity index (χ1) is 13.0. The predicted octanol–water partition coefficient (Wildman–Crippen LogP) is 4.83. The van der Waals surface area contributed by atoms with E-state index in [-0.39, 0.29) is 11.8 Å². The molecule has 2 amide bonds. The molecular formula is C23H22N2O2. The monoisotopic (exact) mass is 358 g/mol. The number of hydrogen-bond acceptors (Lipinski definition) is 2. The van der Waals surface area contributed by atoms with E-state index >= 15 is 0 Å². The lowest BCUT2D eigenvalue weighted by molar-refractivity contribution is 0.0989. The molecule has 0 bridgehead atoms. The Balaban J connectivity index is 1.74. The molecule has 0 radical (unpaired) electrons. The Labute approximate surface area is 159 Å². The van der Waals surface area contributed by atoms with Crippen molar-refractivity contribution in [2.75, 3.05) is 17.3 Å². The van der Waals surface area contributed by atoms with E-state index in [9.17, 15) is 9.59 Å². The molecule has 4 heteroatoms. The Morgan fingerprint density at radius 3 is 2.11 bits per heavy atom. The van der Waals surface area contributed by atoms with Gasteiger partial charge < -0.3 is 10.2 Å². The van der Waals surface area contributed by atoms with E-state index in [0.29, 0.717) is 11.1 Å². The second-order valence-corrected chi connectivity index (χ2v) is 6.55. The summed E-state index contributed by atoms with van der Waals surface area (Å²) < 4.78 is 0. The summed E-state index contributed by atoms with van der Waals surface area (Å²) in [5.41, 5.74) is 4.74. The van der Waals surface area contributed by atoms with Crippen LogP contribution in [0.2, 0.25) is 0 Å². The minimum Gasteiger partial charge on any atom is -0.322 e. The van der Waals surface area contributed by atoms with Crippen molar-refractivity contribution in [3.8, 4) is 0 Å². The van der Waals surface area contributed by atoms with Crippen LogP contribution in [0.3, 0.4) is 0 Å². The maximum absolute atomic E-state index is 12.6. The van der Waals surface area contributed by atoms with Gasteiger partial charge >= 0.3 is 0 Å². The summed E-state index contributed by atoms with van der Waals surface area (Å²) >= 11 is 0. The van der Waals surface area contributed by atoms with Crippen LogP contribution in [0.1, 0.15) is 31.8 Å². The van der Waals surface area contributed by atoms with Gasteiger partial charge in [0.1, 0.15) is 0 Å². The van der Waals surface area contributed by atoms with Gasteiger partial charge in [-0.1, -0.05) is 30.3 Å². The normalized spacial score (nSPS) is 10.3. The molecule has 0 saturated heterocycles. The van der Waals surface area contributed by atoms with Crippen LogP contribution in [0, 0.1) is 13.8 Å². The first-order valence-electron chi connectivity index (χ1n) is 8.77. The van der Waals surface area contributed by atoms with E-state index in [1.165, 1.54) is 0 Å². The summed E-state index contributed by atoms with van der Waals surface area (Å²) in [6.07, 6.45) is 0. The Kier molecular flexibility index (Phi) is 5.36. The molecule has 1 N–H and O–H groups in total. The Bertz CT molecular complexity index is 963. The van der Waals surface area contributed by atoms with Crippen LogP contribution in [0.4, 0.5) is 11.4 Å². The van der Waals surface area contributed by atoms with Gasteiger partial charge in [0.2, 0.25) is 0 Å². The molecule has 3 aromatic carbocycles. The van der Waals surface area contributed by atoms with Gasteiger partial charge in [-0.05, 0) is 67.4 Å². The first kappa shape index (κ1) is 18.4. The number of rotatable bonds is 4. The number of anilines is 2. The summed E-state index contributed by atoms with van der Waals surface area (Å²) in [7, 11) is 1.73. The number of para-hydroxylation sites is 1. The fourth-order valence-corrected chi connectivity index (χ4v) is 2.79. The number of nitrogens with one attached hydrogen (secondary N) is 1. The predicted molar refractivity (Wildman–Crippen MR) is 109 cm³/mol. The first-order valence-corrected chi connectivity index (χ1v) is 8.77. The van der Waals surface area contributed by atoms with Crippen LogP contribution in [0.15, 0.2) is 72.8 Å². The third kappa shape index (κ3) is 4.23. The van der Waals surface area contributed by atoms with Crippen molar-refractivity contribution in [1.82, 2.24) is 0 Å². The number of aryl methyl sites for hydroxylation is 2. The third-order valence-electron chi connectivity index (χ3n) is 4.48. The van der Waals surface area contributed by atoms with Crippen molar-refractivity contribution in [3.63, 3.8) is 0 Å². The molecule has 0 atom stereocenters. The maximum atomic E-state index is 12.6. The minimum absolute atomic E-state index is 0.123. The molecule has 0 unspecified atom stereocenters. The van der Waals surface area contributed by atoms with Crippen molar-refractivity contribution in [3.05, 3.63) is 95.1 Å². The number of carbonyl (C=O) groups excluding carboxylic acids is 2. The van der Waals surface area contributed by atoms with Crippen LogP contribution in [0.5, 0.6) is 0 Å². The van der Waals surface area contributed by atoms with Crippen molar-refractivity contribution >= 4 is 23.2 Å². The zero-order chi connectivity index (χ0) is 19.4. The molecule has 0 heterocycles. The molecule has 27 heavy (non-hydrogen) atoms. The van der Waals surface area contributed by atoms with E-state index in [4.69, 9.17) is 0 Å². The SMILES string of the molecule is Cc1ccc(C)c(NC(=O)c2ccc(C(=O)N(C)c3ccccc3)cc2)c1. The highest BCUT2D eigenvalue weighted by Crippen LogP contribution is 2.19. The van der Waals surface area contributed by atoms with Crippen LogP contribution in [0.25, 0.3) is 0 Å². The lowest BCUT2D eigenvalue weighted by atomic mass is 10.1. The van der Waals surface area contributed by atoms with Gasteiger partial charge in [0.05, 0.1) is 0 Å². The largest absolute Gasteiger partial charge is 0.322 e. The quantitative estimate of drug-likeness (QED) is 0.726. The van der Waals surface area contributed by atoms with Crippen molar-refractivity contribution < 1.29 is 9.59 Å². The van der Waals surface area contributed by atoms with Gasteiger partial charge in [-0.2, -0.15) is 0 Å². The van der Waals surface area contributed by atoms with Crippen LogP contribution in [-0.2, 0) is 0 Å². The van der Waals surface area contributed by atoms with E-state index in [1.807, 2.05) is 62.4 Å². The van der Waals surface area contributed by atoms with E-state index in [2.05, 4.69) is 5.32 Å². The second-order valence-electron chi connectivity index (χ2n) is 6.55. The summed E-state index contributed by atoms with van der Waals surface area (Å²) in [5, 5.41) is 2.93. The molecule has 0 fully saturated rings. The van der Waals surface area contributed by atoms with Crippen molar-refractivity contribution in [2.45, 2.75) is 13.8 Å². The van der Waals surface area contributed by atoms with Crippen molar-refractivity contribution in [2.24, 2.45) is 0 Å². The third-order valence-corrected chi connectivity index (χ3v) is 4.48. The zero-order valence-corrected chi connectivity index (χ0v) is 15.7. The molecule has 0 aliphatic carbocycles. The fraction of sp³-hybridized carbons (Fsp3) is 0.130. The molecule has 0 aromatic heterocycles. The summed E-state index contributed by atoms with van der Waals surface area (Å²) in [6, 6.07) is 22.1. The lowest BCUT2D eigenvalue weighted by Gasteiger charge is -2.17. The van der Waals surface area contributed by atoms with Gasteiger partial charge in [-0.3, -0.25) is 9.59 Å². The number of benzene rings is 3.